The van der Waals surface area contributed by atoms with Gasteiger partial charge in [0.2, 0.25) is 0 Å². The molecular weight excluding hydrogens is 673 g/mol. The summed E-state index contributed by atoms with van der Waals surface area (Å²) in [5.41, 5.74) is 8.55. The summed E-state index contributed by atoms with van der Waals surface area (Å²) >= 11 is 0. The van der Waals surface area contributed by atoms with Gasteiger partial charge in [0.25, 0.3) is 0 Å². The van der Waals surface area contributed by atoms with E-state index in [4.69, 9.17) is 4.98 Å². The number of aliphatic hydroxyl groups is 1. The van der Waals surface area contributed by atoms with Crippen molar-refractivity contribution < 1.29 is 31.0 Å². The van der Waals surface area contributed by atoms with Crippen LogP contribution in [0.25, 0.3) is 22.2 Å². The summed E-state index contributed by atoms with van der Waals surface area (Å²) in [6, 6.07) is 17.0. The minimum Gasteiger partial charge on any atom is -0.512 e. The molecular formula is C36H46NO2Pt-. The molecule has 5 rings (SSSR count). The second-order valence-electron chi connectivity index (χ2n) is 14.6. The molecule has 40 heavy (non-hydrogen) atoms. The molecule has 0 spiro atoms. The van der Waals surface area contributed by atoms with Crippen LogP contribution in [0.1, 0.15) is 116 Å². The topological polar surface area (TPSA) is 50.2 Å². The van der Waals surface area contributed by atoms with E-state index in [2.05, 4.69) is 70.2 Å². The van der Waals surface area contributed by atoms with Gasteiger partial charge in [0, 0.05) is 43.4 Å². The Kier molecular flexibility index (Phi) is 9.32. The van der Waals surface area contributed by atoms with Gasteiger partial charge in [-0.3, -0.25) is 9.78 Å². The number of benzene rings is 2. The fourth-order valence-corrected chi connectivity index (χ4v) is 5.82. The van der Waals surface area contributed by atoms with Crippen LogP contribution >= 0.6 is 0 Å². The summed E-state index contributed by atoms with van der Waals surface area (Å²) in [7, 11) is 0. The molecule has 218 valence electrons. The number of pyridine rings is 1. The van der Waals surface area contributed by atoms with Gasteiger partial charge in [-0.2, -0.15) is 0 Å². The number of aliphatic hydroxyl groups excluding tert-OH is 1. The second-order valence-corrected chi connectivity index (χ2v) is 14.6. The van der Waals surface area contributed by atoms with E-state index in [-0.39, 0.29) is 43.4 Å². The first-order valence-corrected chi connectivity index (χ1v) is 14.4. The van der Waals surface area contributed by atoms with Crippen LogP contribution < -0.4 is 0 Å². The van der Waals surface area contributed by atoms with Gasteiger partial charge in [0.1, 0.15) is 5.76 Å². The van der Waals surface area contributed by atoms with E-state index in [9.17, 15) is 9.90 Å². The number of hydrogen-bond donors (Lipinski definition) is 1. The molecule has 0 aliphatic heterocycles. The zero-order valence-electron chi connectivity index (χ0n) is 25.9. The molecule has 2 atom stereocenters. The van der Waals surface area contributed by atoms with Crippen molar-refractivity contribution in [3.8, 4) is 11.3 Å². The number of hydrogen-bond acceptors (Lipinski definition) is 3. The molecule has 1 N–H and O–H groups in total. The average molecular weight is 720 g/mol. The summed E-state index contributed by atoms with van der Waals surface area (Å²) in [6.45, 7) is 20.2. The maximum absolute atomic E-state index is 11.5. The Morgan fingerprint density at radius 2 is 1.60 bits per heavy atom. The molecule has 2 aliphatic carbocycles. The molecule has 1 saturated carbocycles. The van der Waals surface area contributed by atoms with Crippen LogP contribution in [0.5, 0.6) is 0 Å². The van der Waals surface area contributed by atoms with Crippen molar-refractivity contribution in [1.29, 1.82) is 0 Å². The van der Waals surface area contributed by atoms with Crippen molar-refractivity contribution in [3.63, 3.8) is 0 Å². The first kappa shape index (κ1) is 32.3. The number of carbonyl (C=O) groups is 1. The van der Waals surface area contributed by atoms with Crippen molar-refractivity contribution in [2.24, 2.45) is 10.8 Å². The van der Waals surface area contributed by atoms with Crippen molar-refractivity contribution in [3.05, 3.63) is 76.6 Å². The van der Waals surface area contributed by atoms with Gasteiger partial charge in [0.15, 0.2) is 5.78 Å². The smallest absolute Gasteiger partial charge is 0.164 e. The zero-order valence-corrected chi connectivity index (χ0v) is 28.2. The average Bonchev–Trinajstić information content (AvgIpc) is 3.44. The van der Waals surface area contributed by atoms with Crippen molar-refractivity contribution in [2.45, 2.75) is 106 Å². The van der Waals surface area contributed by atoms with Gasteiger partial charge < -0.3 is 5.11 Å². The minimum atomic E-state index is -0.417. The second kappa shape index (κ2) is 11.6. The number of allylic oxidation sites excluding steroid dienone is 2. The van der Waals surface area contributed by atoms with Gasteiger partial charge in [-0.15, -0.1) is 34.4 Å². The van der Waals surface area contributed by atoms with Gasteiger partial charge in [-0.05, 0) is 47.4 Å². The van der Waals surface area contributed by atoms with Crippen LogP contribution in [0, 0.1) is 23.8 Å². The molecule has 2 bridgehead atoms. The first-order chi connectivity index (χ1) is 18.0. The first-order valence-electron chi connectivity index (χ1n) is 14.4. The van der Waals surface area contributed by atoms with Crippen LogP contribution in [0.3, 0.4) is 0 Å². The van der Waals surface area contributed by atoms with Crippen LogP contribution in [0.15, 0.2) is 48.2 Å². The predicted octanol–water partition coefficient (Wildman–Crippen LogP) is 9.76. The summed E-state index contributed by atoms with van der Waals surface area (Å²) in [5.74, 6) is 1.67. The third kappa shape index (κ3) is 6.79. The quantitative estimate of drug-likeness (QED) is 0.163. The zero-order chi connectivity index (χ0) is 28.9. The molecule has 2 unspecified atom stereocenters. The molecule has 3 nitrogen and oxygen atoms in total. The van der Waals surface area contributed by atoms with Crippen molar-refractivity contribution >= 4 is 16.7 Å². The van der Waals surface area contributed by atoms with E-state index in [1.165, 1.54) is 41.9 Å². The standard InChI is InChI=1S/C25H26N.C11H20O2.Pt/c1-15-12-18(14-20-16-8-9-17(13-16)24(15)20)22-11-10-19-21(25(2,3)4)6-5-7-23(19)26-22;1-10(2,3)8(12)7-9(13)11(4,5)6;/h5-7,10-11,14,16-17H,8-9,13H2,1-4H3;7,12H,1-6H3;/q-1;;. The number of aromatic nitrogens is 1. The molecule has 3 aromatic rings. The normalized spacial score (nSPS) is 18.6. The summed E-state index contributed by atoms with van der Waals surface area (Å²) in [4.78, 5) is 16.5. The maximum Gasteiger partial charge on any atom is 0.164 e. The Labute approximate surface area is 256 Å². The molecule has 0 saturated heterocycles. The molecule has 0 radical (unpaired) electrons. The fourth-order valence-electron chi connectivity index (χ4n) is 5.82. The van der Waals surface area contributed by atoms with E-state index in [1.54, 1.807) is 11.1 Å². The summed E-state index contributed by atoms with van der Waals surface area (Å²) < 4.78 is 0. The number of fused-ring (bicyclic) bond motifs is 6. The number of nitrogens with zero attached hydrogens (tertiary/aromatic N) is 1. The van der Waals surface area contributed by atoms with Crippen LogP contribution in [-0.2, 0) is 31.3 Å². The van der Waals surface area contributed by atoms with Crippen molar-refractivity contribution in [1.82, 2.24) is 4.98 Å². The van der Waals surface area contributed by atoms with Gasteiger partial charge in [-0.25, -0.2) is 0 Å². The Hall–Kier alpha value is -2.25. The number of ketones is 1. The van der Waals surface area contributed by atoms with Crippen LogP contribution in [-0.4, -0.2) is 15.9 Å². The fraction of sp³-hybridized carbons (Fsp3) is 0.500. The molecule has 2 aliphatic rings. The third-order valence-electron chi connectivity index (χ3n) is 8.21. The third-order valence-corrected chi connectivity index (χ3v) is 8.21. The largest absolute Gasteiger partial charge is 0.512 e. The Morgan fingerprint density at radius 1 is 0.950 bits per heavy atom. The molecule has 4 heteroatoms. The Bertz CT molecular complexity index is 1430. The molecule has 2 aromatic carbocycles. The maximum atomic E-state index is 11.5. The Balaban J connectivity index is 0.000000272. The minimum absolute atomic E-state index is 0. The van der Waals surface area contributed by atoms with E-state index < -0.39 is 5.41 Å². The number of rotatable bonds is 2. The Morgan fingerprint density at radius 3 is 2.20 bits per heavy atom. The van der Waals surface area contributed by atoms with E-state index in [1.807, 2.05) is 41.5 Å². The predicted molar refractivity (Wildman–Crippen MR) is 163 cm³/mol. The summed E-state index contributed by atoms with van der Waals surface area (Å²) in [5, 5.41) is 10.8. The monoisotopic (exact) mass is 719 g/mol. The van der Waals surface area contributed by atoms with Gasteiger partial charge in [0.05, 0.1) is 5.52 Å². The number of aryl methyl sites for hydroxylation is 1. The van der Waals surface area contributed by atoms with Gasteiger partial charge >= 0.3 is 0 Å². The van der Waals surface area contributed by atoms with E-state index >= 15 is 0 Å². The van der Waals surface area contributed by atoms with Crippen LogP contribution in [0.4, 0.5) is 0 Å². The molecule has 1 aromatic heterocycles. The van der Waals surface area contributed by atoms with E-state index in [0.717, 1.165) is 28.6 Å². The van der Waals surface area contributed by atoms with Crippen molar-refractivity contribution in [2.75, 3.05) is 0 Å². The molecule has 1 heterocycles. The number of carbonyl (C=O) groups excluding carboxylic acids is 1. The van der Waals surface area contributed by atoms with E-state index in [0.29, 0.717) is 0 Å². The SMILES string of the molecule is CC(C)(C)C(=O)C=C(O)C(C)(C)C.Cc1[c-]c(-c2ccc3c(C(C)(C)C)cccc3n2)cc2c1C1CCC2C1.[Pt]. The molecule has 0 amide bonds. The van der Waals surface area contributed by atoms with Crippen LogP contribution in [0.2, 0.25) is 0 Å². The summed E-state index contributed by atoms with van der Waals surface area (Å²) in [6.07, 6.45) is 5.42. The molecule has 1 fully saturated rings. The van der Waals surface area contributed by atoms with Gasteiger partial charge in [-0.1, -0.05) is 99.9 Å².